The molecule has 0 spiro atoms. The quantitative estimate of drug-likeness (QED) is 0.329. The van der Waals surface area contributed by atoms with Crippen LogP contribution in [0.15, 0.2) is 60.3 Å². The van der Waals surface area contributed by atoms with Gasteiger partial charge in [-0.05, 0) is 67.6 Å². The number of aryl methyl sites for hydroxylation is 4. The van der Waals surface area contributed by atoms with Crippen LogP contribution in [0.2, 0.25) is 0 Å². The zero-order valence-corrected chi connectivity index (χ0v) is 19.7. The van der Waals surface area contributed by atoms with Gasteiger partial charge in [0.2, 0.25) is 5.91 Å². The fraction of sp³-hybridized carbons (Fsp3) is 0.320. The average molecular weight is 451 g/mol. The molecule has 0 saturated heterocycles. The van der Waals surface area contributed by atoms with Gasteiger partial charge in [-0.1, -0.05) is 36.0 Å². The maximum absolute atomic E-state index is 12.4. The van der Waals surface area contributed by atoms with Gasteiger partial charge in [0.05, 0.1) is 12.9 Å². The van der Waals surface area contributed by atoms with Crippen molar-refractivity contribution in [2.75, 3.05) is 18.2 Å². The Bertz CT molecular complexity index is 1040. The molecule has 0 aliphatic carbocycles. The fourth-order valence-corrected chi connectivity index (χ4v) is 4.31. The first-order valence-electron chi connectivity index (χ1n) is 10.7. The molecule has 0 aliphatic heterocycles. The average Bonchev–Trinajstić information content (AvgIpc) is 3.14. The predicted molar refractivity (Wildman–Crippen MR) is 131 cm³/mol. The molecule has 3 rings (SSSR count). The molecule has 1 amide bonds. The molecule has 6 nitrogen and oxygen atoms in total. The van der Waals surface area contributed by atoms with Crippen molar-refractivity contribution < 1.29 is 9.53 Å². The number of amides is 1. The highest BCUT2D eigenvalue weighted by molar-refractivity contribution is 7.99. The summed E-state index contributed by atoms with van der Waals surface area (Å²) >= 11 is 1.39. The van der Waals surface area contributed by atoms with Gasteiger partial charge in [-0.2, -0.15) is 0 Å². The first kappa shape index (κ1) is 23.6. The highest BCUT2D eigenvalue weighted by Gasteiger charge is 2.14. The number of carbonyl (C=O) groups is 1. The second kappa shape index (κ2) is 11.5. The zero-order chi connectivity index (χ0) is 22.9. The first-order valence-corrected chi connectivity index (χ1v) is 11.6. The van der Waals surface area contributed by atoms with Crippen LogP contribution in [0.3, 0.4) is 0 Å². The molecule has 0 atom stereocenters. The second-order valence-electron chi connectivity index (χ2n) is 7.71. The van der Waals surface area contributed by atoms with Crippen molar-refractivity contribution in [1.29, 1.82) is 0 Å². The van der Waals surface area contributed by atoms with Crippen molar-refractivity contribution in [3.8, 4) is 5.75 Å². The topological polar surface area (TPSA) is 69.0 Å². The van der Waals surface area contributed by atoms with E-state index in [1.54, 1.807) is 7.11 Å². The molecule has 0 saturated carbocycles. The lowest BCUT2D eigenvalue weighted by atomic mass is 10.1. The number of thioether (sulfide) groups is 1. The molecule has 168 valence electrons. The highest BCUT2D eigenvalue weighted by atomic mass is 32.2. The van der Waals surface area contributed by atoms with Crippen LogP contribution in [0.4, 0.5) is 5.69 Å². The van der Waals surface area contributed by atoms with Gasteiger partial charge in [-0.25, -0.2) is 0 Å². The minimum absolute atomic E-state index is 0.0609. The lowest BCUT2D eigenvalue weighted by Gasteiger charge is -2.09. The smallest absolute Gasteiger partial charge is 0.234 e. The molecule has 0 unspecified atom stereocenters. The van der Waals surface area contributed by atoms with Gasteiger partial charge in [0, 0.05) is 18.7 Å². The lowest BCUT2D eigenvalue weighted by molar-refractivity contribution is -0.113. The van der Waals surface area contributed by atoms with E-state index in [4.69, 9.17) is 4.74 Å². The van der Waals surface area contributed by atoms with Crippen molar-refractivity contribution in [3.05, 3.63) is 77.6 Å². The molecule has 0 fully saturated rings. The van der Waals surface area contributed by atoms with Crippen molar-refractivity contribution in [2.24, 2.45) is 0 Å². The Morgan fingerprint density at radius 3 is 2.50 bits per heavy atom. The third kappa shape index (κ3) is 6.72. The summed E-state index contributed by atoms with van der Waals surface area (Å²) in [6, 6.07) is 14.2. The summed E-state index contributed by atoms with van der Waals surface area (Å²) in [5, 5.41) is 12.4. The number of carbonyl (C=O) groups excluding carboxylic acids is 1. The summed E-state index contributed by atoms with van der Waals surface area (Å²) in [7, 11) is 1.67. The van der Waals surface area contributed by atoms with Crippen molar-refractivity contribution in [2.45, 2.75) is 44.8 Å². The van der Waals surface area contributed by atoms with E-state index < -0.39 is 0 Å². The van der Waals surface area contributed by atoms with Crippen molar-refractivity contribution >= 4 is 23.4 Å². The molecule has 2 aromatic carbocycles. The number of aromatic nitrogens is 3. The third-order valence-corrected chi connectivity index (χ3v) is 5.93. The summed E-state index contributed by atoms with van der Waals surface area (Å²) in [5.74, 6) is 1.99. The number of hydrogen-bond acceptors (Lipinski definition) is 5. The van der Waals surface area contributed by atoms with Gasteiger partial charge in [-0.3, -0.25) is 4.79 Å². The number of rotatable bonds is 11. The lowest BCUT2D eigenvalue weighted by Crippen LogP contribution is -2.15. The predicted octanol–water partition coefficient (Wildman–Crippen LogP) is 5.00. The Morgan fingerprint density at radius 1 is 1.12 bits per heavy atom. The fourth-order valence-electron chi connectivity index (χ4n) is 3.54. The molecule has 1 heterocycles. The van der Waals surface area contributed by atoms with Gasteiger partial charge in [0.25, 0.3) is 0 Å². The first-order chi connectivity index (χ1) is 15.5. The Labute approximate surface area is 194 Å². The Kier molecular flexibility index (Phi) is 8.50. The SMILES string of the molecule is C=CCn1c(CCCc2ccc(OC)cc2)nnc1SCC(=O)Nc1cc(C)cc(C)c1. The monoisotopic (exact) mass is 450 g/mol. The summed E-state index contributed by atoms with van der Waals surface area (Å²) in [6.45, 7) is 8.51. The largest absolute Gasteiger partial charge is 0.497 e. The van der Waals surface area contributed by atoms with E-state index in [1.807, 2.05) is 48.8 Å². The minimum atomic E-state index is -0.0609. The molecule has 7 heteroatoms. The third-order valence-electron chi connectivity index (χ3n) is 4.97. The number of hydrogen-bond donors (Lipinski definition) is 1. The number of anilines is 1. The number of nitrogens with zero attached hydrogens (tertiary/aromatic N) is 3. The summed E-state index contributed by atoms with van der Waals surface area (Å²) < 4.78 is 7.25. The number of allylic oxidation sites excluding steroid dienone is 1. The van der Waals surface area contributed by atoms with Crippen LogP contribution in [0, 0.1) is 13.8 Å². The molecular formula is C25H30N4O2S. The Morgan fingerprint density at radius 2 is 1.84 bits per heavy atom. The number of benzene rings is 2. The van der Waals surface area contributed by atoms with E-state index in [1.165, 1.54) is 17.3 Å². The van der Waals surface area contributed by atoms with Crippen molar-refractivity contribution in [1.82, 2.24) is 14.8 Å². The van der Waals surface area contributed by atoms with Crippen LogP contribution in [-0.2, 0) is 24.2 Å². The summed E-state index contributed by atoms with van der Waals surface area (Å²) in [6.07, 6.45) is 4.55. The molecule has 0 aliphatic rings. The molecular weight excluding hydrogens is 420 g/mol. The van der Waals surface area contributed by atoms with Crippen LogP contribution in [0.25, 0.3) is 0 Å². The van der Waals surface area contributed by atoms with E-state index in [2.05, 4.69) is 40.3 Å². The second-order valence-corrected chi connectivity index (χ2v) is 8.66. The number of nitrogens with one attached hydrogen (secondary N) is 1. The van der Waals surface area contributed by atoms with Gasteiger partial charge in [0.1, 0.15) is 11.6 Å². The van der Waals surface area contributed by atoms with Crippen LogP contribution >= 0.6 is 11.8 Å². The maximum Gasteiger partial charge on any atom is 0.234 e. The van der Waals surface area contributed by atoms with Gasteiger partial charge < -0.3 is 14.6 Å². The van der Waals surface area contributed by atoms with Gasteiger partial charge in [0.15, 0.2) is 5.16 Å². The molecule has 1 N–H and O–H groups in total. The maximum atomic E-state index is 12.4. The number of methoxy groups -OCH3 is 1. The number of ether oxygens (including phenoxy) is 1. The standard InChI is InChI=1S/C25H30N4O2S/c1-5-13-29-23(8-6-7-20-9-11-22(31-4)12-10-20)27-28-25(29)32-17-24(30)26-21-15-18(2)14-19(3)16-21/h5,9-12,14-16H,1,6-8,13,17H2,2-4H3,(H,26,30). The Hall–Kier alpha value is -3.06. The molecule has 3 aromatic rings. The van der Waals surface area contributed by atoms with Crippen molar-refractivity contribution in [3.63, 3.8) is 0 Å². The van der Waals surface area contributed by atoms with E-state index in [9.17, 15) is 4.79 Å². The zero-order valence-electron chi connectivity index (χ0n) is 18.9. The normalized spacial score (nSPS) is 10.7. The molecule has 0 radical (unpaired) electrons. The minimum Gasteiger partial charge on any atom is -0.497 e. The van der Waals surface area contributed by atoms with Gasteiger partial charge in [-0.15, -0.1) is 16.8 Å². The van der Waals surface area contributed by atoms with Gasteiger partial charge >= 0.3 is 0 Å². The summed E-state index contributed by atoms with van der Waals surface area (Å²) in [5.41, 5.74) is 4.33. The summed E-state index contributed by atoms with van der Waals surface area (Å²) in [4.78, 5) is 12.4. The molecule has 0 bridgehead atoms. The van der Waals surface area contributed by atoms with E-state index in [-0.39, 0.29) is 11.7 Å². The van der Waals surface area contributed by atoms with Crippen LogP contribution in [-0.4, -0.2) is 33.5 Å². The molecule has 32 heavy (non-hydrogen) atoms. The highest BCUT2D eigenvalue weighted by Crippen LogP contribution is 2.20. The Balaban J connectivity index is 1.56. The molecule has 1 aromatic heterocycles. The van der Waals surface area contributed by atoms with E-state index in [0.717, 1.165) is 52.8 Å². The van der Waals surface area contributed by atoms with Crippen LogP contribution in [0.5, 0.6) is 5.75 Å². The van der Waals surface area contributed by atoms with E-state index >= 15 is 0 Å². The van der Waals surface area contributed by atoms with E-state index in [0.29, 0.717) is 6.54 Å². The van der Waals surface area contributed by atoms with Crippen LogP contribution < -0.4 is 10.1 Å². The van der Waals surface area contributed by atoms with Crippen LogP contribution in [0.1, 0.15) is 28.9 Å².